The van der Waals surface area contributed by atoms with Gasteiger partial charge in [0.15, 0.2) is 0 Å². The van der Waals surface area contributed by atoms with Crippen molar-refractivity contribution in [2.24, 2.45) is 0 Å². The first-order valence-corrected chi connectivity index (χ1v) is 13.6. The summed E-state index contributed by atoms with van der Waals surface area (Å²) in [5.41, 5.74) is 0.151. The second-order valence-electron chi connectivity index (χ2n) is 9.67. The molecule has 5 rings (SSSR count). The summed E-state index contributed by atoms with van der Waals surface area (Å²) in [7, 11) is 0. The molecule has 1 amide bonds. The molecule has 1 aliphatic rings. The number of para-hydroxylation sites is 1. The number of pyridine rings is 1. The van der Waals surface area contributed by atoms with Crippen molar-refractivity contribution in [1.82, 2.24) is 9.88 Å². The number of aromatic nitrogens is 1. The number of hydrogen-bond donors (Lipinski definition) is 2. The molecule has 10 heteroatoms. The highest BCUT2D eigenvalue weighted by atomic mass is 32.2. The number of carbonyl (C=O) groups is 1. The highest BCUT2D eigenvalue weighted by Crippen LogP contribution is 2.32. The smallest absolute Gasteiger partial charge is 0.416 e. The van der Waals surface area contributed by atoms with Crippen molar-refractivity contribution >= 4 is 33.9 Å². The van der Waals surface area contributed by atoms with Crippen LogP contribution in [0.2, 0.25) is 0 Å². The van der Waals surface area contributed by atoms with E-state index in [0.29, 0.717) is 27.2 Å². The lowest BCUT2D eigenvalue weighted by molar-refractivity contribution is -0.137. The lowest BCUT2D eigenvalue weighted by atomic mass is 9.85. The van der Waals surface area contributed by atoms with Crippen LogP contribution in [0.15, 0.2) is 90.0 Å². The molecular weight excluding hydrogens is 527 g/mol. The fourth-order valence-corrected chi connectivity index (χ4v) is 5.80. The number of amides is 1. The summed E-state index contributed by atoms with van der Waals surface area (Å²) in [4.78, 5) is 19.6. The monoisotopic (exact) mass is 553 g/mol. The van der Waals surface area contributed by atoms with Crippen LogP contribution in [0, 0.1) is 0 Å². The Morgan fingerprint density at radius 3 is 2.44 bits per heavy atom. The SMILES string of the molecule is O=C(c1ccc(N[S+]([O-])c2cccc3cccnc23)cc1)N1CCC(O)(Cc2cccc(C(F)(F)F)c2)CC1. The Bertz CT molecular complexity index is 1470. The molecular formula is C29H26F3N3O3S. The summed E-state index contributed by atoms with van der Waals surface area (Å²) < 4.78 is 55.0. The Labute approximate surface area is 226 Å². The van der Waals surface area contributed by atoms with Crippen LogP contribution in [0.3, 0.4) is 0 Å². The third kappa shape index (κ3) is 6.19. The van der Waals surface area contributed by atoms with Gasteiger partial charge >= 0.3 is 6.18 Å². The van der Waals surface area contributed by atoms with E-state index in [9.17, 15) is 27.6 Å². The molecule has 1 saturated heterocycles. The third-order valence-electron chi connectivity index (χ3n) is 6.91. The van der Waals surface area contributed by atoms with Crippen LogP contribution >= 0.6 is 0 Å². The Hall–Kier alpha value is -3.60. The van der Waals surface area contributed by atoms with E-state index in [1.165, 1.54) is 6.07 Å². The fourth-order valence-electron chi connectivity index (χ4n) is 4.79. The van der Waals surface area contributed by atoms with Gasteiger partial charge in [-0.2, -0.15) is 13.2 Å². The number of aliphatic hydroxyl groups is 1. The molecule has 1 atom stereocenters. The lowest BCUT2D eigenvalue weighted by Crippen LogP contribution is -2.47. The van der Waals surface area contributed by atoms with Gasteiger partial charge in [0.05, 0.1) is 16.9 Å². The van der Waals surface area contributed by atoms with Crippen molar-refractivity contribution < 1.29 is 27.6 Å². The molecule has 0 spiro atoms. The first kappa shape index (κ1) is 27.0. The van der Waals surface area contributed by atoms with Crippen molar-refractivity contribution in [3.8, 4) is 0 Å². The van der Waals surface area contributed by atoms with E-state index in [4.69, 9.17) is 0 Å². The molecule has 1 aliphatic heterocycles. The number of hydrogen-bond acceptors (Lipinski definition) is 5. The minimum atomic E-state index is -4.44. The molecule has 0 radical (unpaired) electrons. The van der Waals surface area contributed by atoms with E-state index in [0.717, 1.165) is 17.5 Å². The van der Waals surface area contributed by atoms with Crippen molar-refractivity contribution in [3.05, 3.63) is 102 Å². The lowest BCUT2D eigenvalue weighted by Gasteiger charge is -2.38. The molecule has 2 N–H and O–H groups in total. The number of halogens is 3. The van der Waals surface area contributed by atoms with Crippen molar-refractivity contribution in [3.63, 3.8) is 0 Å². The summed E-state index contributed by atoms with van der Waals surface area (Å²) in [6.45, 7) is 0.568. The van der Waals surface area contributed by atoms with Gasteiger partial charge in [-0.1, -0.05) is 36.4 Å². The zero-order valence-corrected chi connectivity index (χ0v) is 21.6. The number of nitrogens with zero attached hydrogens (tertiary/aromatic N) is 2. The van der Waals surface area contributed by atoms with Gasteiger partial charge in [0.25, 0.3) is 5.91 Å². The maximum absolute atomic E-state index is 13.1. The predicted molar refractivity (Wildman–Crippen MR) is 143 cm³/mol. The highest BCUT2D eigenvalue weighted by Gasteiger charge is 2.35. The summed E-state index contributed by atoms with van der Waals surface area (Å²) in [6, 6.07) is 20.8. The molecule has 0 aliphatic carbocycles. The number of nitrogens with one attached hydrogen (secondary N) is 1. The molecule has 1 aromatic heterocycles. The number of anilines is 1. The maximum Gasteiger partial charge on any atom is 0.416 e. The Morgan fingerprint density at radius 2 is 1.72 bits per heavy atom. The van der Waals surface area contributed by atoms with Gasteiger partial charge in [-0.25, -0.2) is 4.72 Å². The number of piperidine rings is 1. The average molecular weight is 554 g/mol. The number of likely N-dealkylation sites (tertiary alicyclic amines) is 1. The van der Waals surface area contributed by atoms with E-state index < -0.39 is 28.7 Å². The van der Waals surface area contributed by atoms with Gasteiger partial charge in [0, 0.05) is 36.7 Å². The largest absolute Gasteiger partial charge is 0.588 e. The number of alkyl halides is 3. The Kier molecular flexibility index (Phi) is 7.53. The molecule has 3 aromatic carbocycles. The van der Waals surface area contributed by atoms with Crippen molar-refractivity contribution in [1.29, 1.82) is 0 Å². The molecule has 39 heavy (non-hydrogen) atoms. The minimum absolute atomic E-state index is 0.0860. The first-order valence-electron chi connectivity index (χ1n) is 12.4. The van der Waals surface area contributed by atoms with Crippen LogP contribution in [0.5, 0.6) is 0 Å². The summed E-state index contributed by atoms with van der Waals surface area (Å²) in [5.74, 6) is -0.206. The van der Waals surface area contributed by atoms with Crippen molar-refractivity contribution in [2.75, 3.05) is 17.8 Å². The minimum Gasteiger partial charge on any atom is -0.588 e. The van der Waals surface area contributed by atoms with Crippen LogP contribution in [-0.4, -0.2) is 44.1 Å². The Morgan fingerprint density at radius 1 is 1.03 bits per heavy atom. The fraction of sp³-hybridized carbons (Fsp3) is 0.241. The van der Waals surface area contributed by atoms with Gasteiger partial charge < -0.3 is 14.6 Å². The molecule has 0 saturated carbocycles. The van der Waals surface area contributed by atoms with Gasteiger partial charge in [-0.3, -0.25) is 9.78 Å². The molecule has 6 nitrogen and oxygen atoms in total. The normalized spacial score (nSPS) is 16.2. The maximum atomic E-state index is 13.1. The van der Waals surface area contributed by atoms with Crippen LogP contribution in [-0.2, 0) is 24.0 Å². The average Bonchev–Trinajstić information content (AvgIpc) is 2.93. The number of rotatable bonds is 6. The third-order valence-corrected chi connectivity index (χ3v) is 8.06. The number of fused-ring (bicyclic) bond motifs is 1. The van der Waals surface area contributed by atoms with Gasteiger partial charge in [0.2, 0.25) is 4.90 Å². The van der Waals surface area contributed by atoms with E-state index in [2.05, 4.69) is 9.71 Å². The summed E-state index contributed by atoms with van der Waals surface area (Å²) >= 11 is -1.56. The molecule has 1 fully saturated rings. The zero-order chi connectivity index (χ0) is 27.6. The second kappa shape index (κ2) is 10.9. The van der Waals surface area contributed by atoms with Crippen LogP contribution in [0.1, 0.15) is 34.3 Å². The van der Waals surface area contributed by atoms with Crippen LogP contribution in [0.4, 0.5) is 18.9 Å². The van der Waals surface area contributed by atoms with Gasteiger partial charge in [-0.15, -0.1) is 0 Å². The predicted octanol–water partition coefficient (Wildman–Crippen LogP) is 5.60. The summed E-state index contributed by atoms with van der Waals surface area (Å²) in [6.07, 6.45) is -2.19. The van der Waals surface area contributed by atoms with Gasteiger partial charge in [0.1, 0.15) is 16.9 Å². The quantitative estimate of drug-likeness (QED) is 0.304. The van der Waals surface area contributed by atoms with Crippen LogP contribution in [0.25, 0.3) is 10.9 Å². The first-order chi connectivity index (χ1) is 18.6. The molecule has 202 valence electrons. The number of benzene rings is 3. The molecule has 4 aromatic rings. The molecule has 2 heterocycles. The Balaban J connectivity index is 1.19. The van der Waals surface area contributed by atoms with E-state index >= 15 is 0 Å². The van der Waals surface area contributed by atoms with Crippen LogP contribution < -0.4 is 4.72 Å². The number of carbonyl (C=O) groups excluding carboxylic acids is 1. The second-order valence-corrected chi connectivity index (χ2v) is 10.9. The molecule has 0 bridgehead atoms. The standard InChI is InChI=1S/C29H26F3N3O3S/c30-29(31,32)23-7-1-4-20(18-23)19-28(37)13-16-35(17-14-28)27(36)22-9-11-24(12-10-22)34-39(38)25-8-2-5-21-6-3-15-33-26(21)25/h1-12,15,18,34,37H,13-14,16-17,19H2. The summed E-state index contributed by atoms with van der Waals surface area (Å²) in [5, 5.41) is 11.9. The van der Waals surface area contributed by atoms with Gasteiger partial charge in [-0.05, 0) is 60.9 Å². The van der Waals surface area contributed by atoms with E-state index in [1.807, 2.05) is 24.3 Å². The zero-order valence-electron chi connectivity index (χ0n) is 20.8. The topological polar surface area (TPSA) is 88.5 Å². The molecule has 1 unspecified atom stereocenters. The van der Waals surface area contributed by atoms with E-state index in [1.54, 1.807) is 47.5 Å². The van der Waals surface area contributed by atoms with Crippen molar-refractivity contribution in [2.45, 2.75) is 35.9 Å². The highest BCUT2D eigenvalue weighted by molar-refractivity contribution is 7.93. The van der Waals surface area contributed by atoms with E-state index in [-0.39, 0.29) is 38.3 Å².